The zero-order valence-corrected chi connectivity index (χ0v) is 25.2. The van der Waals surface area contributed by atoms with E-state index >= 15 is 0 Å². The highest BCUT2D eigenvalue weighted by molar-refractivity contribution is 9.10. The van der Waals surface area contributed by atoms with E-state index in [-0.39, 0.29) is 11.5 Å². The lowest BCUT2D eigenvalue weighted by molar-refractivity contribution is -0.384. The molecule has 4 aromatic carbocycles. The molecule has 2 aliphatic rings. The average Bonchev–Trinajstić information content (AvgIpc) is 3.47. The summed E-state index contributed by atoms with van der Waals surface area (Å²) in [6, 6.07) is 31.2. The van der Waals surface area contributed by atoms with Gasteiger partial charge in [0.2, 0.25) is 0 Å². The number of hydrogen-bond donors (Lipinski definition) is 0. The van der Waals surface area contributed by atoms with Gasteiger partial charge >= 0.3 is 0 Å². The van der Waals surface area contributed by atoms with Gasteiger partial charge in [0.05, 0.1) is 15.4 Å². The van der Waals surface area contributed by atoms with Gasteiger partial charge < -0.3 is 0 Å². The number of ketones is 1. The lowest BCUT2D eigenvalue weighted by Crippen LogP contribution is -2.34. The van der Waals surface area contributed by atoms with Gasteiger partial charge in [-0.1, -0.05) is 104 Å². The first kappa shape index (κ1) is 26.3. The first-order valence-corrected chi connectivity index (χ1v) is 15.1. The van der Waals surface area contributed by atoms with Crippen molar-refractivity contribution in [2.24, 2.45) is 5.10 Å². The van der Waals surface area contributed by atoms with Crippen molar-refractivity contribution in [2.45, 2.75) is 15.9 Å². The average molecular weight is 681 g/mol. The summed E-state index contributed by atoms with van der Waals surface area (Å²) in [6.45, 7) is 1.51. The number of non-ortho nitro benzene ring substituents is 1. The third kappa shape index (κ3) is 4.25. The Bertz CT molecular complexity index is 1600. The smallest absolute Gasteiger partial charge is 0.269 e. The number of hydrogen-bond acceptors (Lipinski definition) is 7. The van der Waals surface area contributed by atoms with Crippen LogP contribution in [-0.4, -0.2) is 15.8 Å². The van der Waals surface area contributed by atoms with Crippen molar-refractivity contribution in [1.82, 2.24) is 0 Å². The number of hydrazone groups is 1. The number of thioether (sulfide) groups is 2. The van der Waals surface area contributed by atoms with E-state index in [1.807, 2.05) is 41.4 Å². The predicted molar refractivity (Wildman–Crippen MR) is 165 cm³/mol. The second-order valence-corrected chi connectivity index (χ2v) is 13.8. The Morgan fingerprint density at radius 2 is 1.38 bits per heavy atom. The molecule has 1 unspecified atom stereocenters. The largest absolute Gasteiger partial charge is 0.292 e. The second kappa shape index (κ2) is 9.92. The minimum Gasteiger partial charge on any atom is -0.292 e. The van der Waals surface area contributed by atoms with Crippen molar-refractivity contribution in [1.29, 1.82) is 0 Å². The highest BCUT2D eigenvalue weighted by Gasteiger charge is 2.61. The van der Waals surface area contributed by atoms with Crippen LogP contribution in [0.15, 0.2) is 111 Å². The summed E-state index contributed by atoms with van der Waals surface area (Å²) in [5.41, 5.74) is 4.94. The number of nitro groups is 1. The molecule has 0 aromatic heterocycles. The molecule has 4 aromatic rings. The fraction of sp³-hybridized carbons (Fsp3) is 0.103. The third-order valence-corrected chi connectivity index (χ3v) is 11.2. The van der Waals surface area contributed by atoms with Crippen LogP contribution in [0.25, 0.3) is 0 Å². The van der Waals surface area contributed by atoms with Gasteiger partial charge in [0, 0.05) is 33.6 Å². The van der Waals surface area contributed by atoms with Crippen LogP contribution in [-0.2, 0) is 13.7 Å². The van der Waals surface area contributed by atoms with Crippen LogP contribution >= 0.6 is 55.4 Å². The molecular weight excluding hydrogens is 662 g/mol. The minimum absolute atomic E-state index is 0.00559. The second-order valence-electron chi connectivity index (χ2n) is 9.07. The first-order valence-electron chi connectivity index (χ1n) is 11.9. The molecule has 6 rings (SSSR count). The summed E-state index contributed by atoms with van der Waals surface area (Å²) < 4.78 is 0.487. The molecule has 0 saturated carbocycles. The lowest BCUT2D eigenvalue weighted by atomic mass is 9.82. The van der Waals surface area contributed by atoms with E-state index in [0.717, 1.165) is 31.2 Å². The SMILES string of the molecule is CC(=O)C1=NN(c2ccc([N+](=O)[O-])cc2)C2(S1)SC(c1ccc(Br)cc1)(c1ccc(Br)cc1)c1ccccc12. The van der Waals surface area contributed by atoms with E-state index in [1.54, 1.807) is 23.9 Å². The van der Waals surface area contributed by atoms with Crippen molar-refractivity contribution in [3.63, 3.8) is 0 Å². The quantitative estimate of drug-likeness (QED) is 0.156. The highest BCUT2D eigenvalue weighted by Crippen LogP contribution is 2.71. The van der Waals surface area contributed by atoms with Crippen molar-refractivity contribution >= 4 is 77.6 Å². The fourth-order valence-corrected chi connectivity index (χ4v) is 9.11. The Balaban J connectivity index is 1.62. The van der Waals surface area contributed by atoms with Crippen LogP contribution in [0, 0.1) is 10.1 Å². The van der Waals surface area contributed by atoms with Gasteiger partial charge in [0.25, 0.3) is 5.69 Å². The topological polar surface area (TPSA) is 75.8 Å². The number of fused-ring (bicyclic) bond motifs is 2. The number of rotatable bonds is 5. The zero-order valence-electron chi connectivity index (χ0n) is 20.4. The number of nitrogens with zero attached hydrogens (tertiary/aromatic N) is 3. The number of halogens is 2. The maximum Gasteiger partial charge on any atom is 0.269 e. The molecule has 0 radical (unpaired) electrons. The van der Waals surface area contributed by atoms with Crippen LogP contribution in [0.4, 0.5) is 11.4 Å². The molecule has 1 atom stereocenters. The summed E-state index contributed by atoms with van der Waals surface area (Å²) in [5.74, 6) is -0.133. The molecular formula is C29H19Br2N3O3S2. The van der Waals surface area contributed by atoms with E-state index in [4.69, 9.17) is 5.10 Å². The van der Waals surface area contributed by atoms with Crippen LogP contribution in [0.2, 0.25) is 0 Å². The minimum atomic E-state index is -0.839. The Morgan fingerprint density at radius 1 is 0.846 bits per heavy atom. The molecule has 0 saturated heterocycles. The first-order chi connectivity index (χ1) is 18.7. The Labute approximate surface area is 250 Å². The molecule has 0 aliphatic carbocycles. The van der Waals surface area contributed by atoms with E-state index in [1.165, 1.54) is 30.8 Å². The van der Waals surface area contributed by atoms with Gasteiger partial charge in [0.1, 0.15) is 0 Å². The number of carbonyl (C=O) groups is 1. The monoisotopic (exact) mass is 679 g/mol. The summed E-state index contributed by atoms with van der Waals surface area (Å²) in [4.78, 5) is 23.6. The number of benzene rings is 4. The summed E-state index contributed by atoms with van der Waals surface area (Å²) in [6.07, 6.45) is 0. The van der Waals surface area contributed by atoms with Gasteiger partial charge in [-0.3, -0.25) is 14.9 Å². The lowest BCUT2D eigenvalue weighted by Gasteiger charge is -2.37. The number of nitro benzene ring substituents is 1. The highest BCUT2D eigenvalue weighted by atomic mass is 79.9. The fourth-order valence-electron chi connectivity index (χ4n) is 5.02. The van der Waals surface area contributed by atoms with Crippen molar-refractivity contribution in [2.75, 3.05) is 5.01 Å². The van der Waals surface area contributed by atoms with Gasteiger partial charge in [-0.2, -0.15) is 5.10 Å². The third-order valence-electron chi connectivity index (χ3n) is 6.75. The molecule has 0 N–H and O–H groups in total. The Morgan fingerprint density at radius 3 is 1.90 bits per heavy atom. The van der Waals surface area contributed by atoms with Crippen LogP contribution in [0.5, 0.6) is 0 Å². The van der Waals surface area contributed by atoms with Gasteiger partial charge in [-0.25, -0.2) is 5.01 Å². The molecule has 194 valence electrons. The van der Waals surface area contributed by atoms with E-state index in [9.17, 15) is 14.9 Å². The molecule has 2 aliphatic heterocycles. The molecule has 0 bridgehead atoms. The Hall–Kier alpha value is -2.92. The zero-order chi connectivity index (χ0) is 27.4. The number of anilines is 1. The molecule has 2 heterocycles. The molecule has 39 heavy (non-hydrogen) atoms. The van der Waals surface area contributed by atoms with Crippen molar-refractivity contribution < 1.29 is 9.72 Å². The molecule has 1 spiro atoms. The van der Waals surface area contributed by atoms with E-state index in [0.29, 0.717) is 10.7 Å². The van der Waals surface area contributed by atoms with Crippen LogP contribution in [0.1, 0.15) is 29.2 Å². The number of carbonyl (C=O) groups excluding carboxylic acids is 1. The normalized spacial score (nSPS) is 19.2. The predicted octanol–water partition coefficient (Wildman–Crippen LogP) is 8.42. The standard InChI is InChI=1S/C29H19Br2N3O3S2/c1-18(35)27-32-33(23-14-16-24(17-15-23)34(36)37)29(38-27)26-5-3-2-4-25(26)28(39-29,19-6-10-21(30)11-7-19)20-8-12-22(31)13-9-20/h2-17H,1H3. The molecule has 6 nitrogen and oxygen atoms in total. The van der Waals surface area contributed by atoms with Crippen LogP contribution in [0.3, 0.4) is 0 Å². The van der Waals surface area contributed by atoms with Crippen molar-refractivity contribution in [3.8, 4) is 0 Å². The van der Waals surface area contributed by atoms with E-state index in [2.05, 4.69) is 68.3 Å². The summed E-state index contributed by atoms with van der Waals surface area (Å²) in [7, 11) is 0. The molecule has 0 amide bonds. The van der Waals surface area contributed by atoms with Gasteiger partial charge in [-0.05, 0) is 53.1 Å². The Kier molecular flexibility index (Phi) is 6.69. The maximum atomic E-state index is 12.7. The summed E-state index contributed by atoms with van der Waals surface area (Å²) in [5, 5.41) is 18.4. The number of Topliss-reactive ketones (excluding diaryl/α,β-unsaturated/α-hetero) is 1. The molecule has 0 fully saturated rings. The maximum absolute atomic E-state index is 12.7. The van der Waals surface area contributed by atoms with Gasteiger partial charge in [0.15, 0.2) is 15.0 Å². The van der Waals surface area contributed by atoms with Gasteiger partial charge in [-0.15, -0.1) is 0 Å². The summed E-state index contributed by atoms with van der Waals surface area (Å²) >= 11 is 10.3. The van der Waals surface area contributed by atoms with Crippen molar-refractivity contribution in [3.05, 3.63) is 138 Å². The van der Waals surface area contributed by atoms with E-state index < -0.39 is 13.9 Å². The molecule has 10 heteroatoms. The van der Waals surface area contributed by atoms with Crippen LogP contribution < -0.4 is 5.01 Å².